The van der Waals surface area contributed by atoms with Gasteiger partial charge in [-0.05, 0) is 73.2 Å². The van der Waals surface area contributed by atoms with Gasteiger partial charge in [-0.25, -0.2) is 33.4 Å². The molecule has 0 radical (unpaired) electrons. The predicted octanol–water partition coefficient (Wildman–Crippen LogP) is 6.36. The first-order chi connectivity index (χ1) is 32.2. The number of hydrogen-bond donors (Lipinski definition) is 1. The van der Waals surface area contributed by atoms with Crippen LogP contribution in [0.25, 0.3) is 31.7 Å². The lowest BCUT2D eigenvalue weighted by atomic mass is 9.56. The van der Waals surface area contributed by atoms with Crippen LogP contribution in [0.5, 0.6) is 23.0 Å². The highest BCUT2D eigenvalue weighted by Crippen LogP contribution is 2.62. The van der Waals surface area contributed by atoms with E-state index in [0.29, 0.717) is 38.8 Å². The number of thiophene rings is 1. The molecule has 4 aromatic heterocycles. The lowest BCUT2D eigenvalue weighted by Crippen LogP contribution is -2.49. The van der Waals surface area contributed by atoms with Gasteiger partial charge in [-0.15, -0.1) is 24.5 Å². The average molecular weight is 973 g/mol. The zero-order valence-corrected chi connectivity index (χ0v) is 38.6. The normalized spacial score (nSPS) is 20.2. The number of nitrogens with zero attached hydrogens (tertiary/aromatic N) is 8. The molecule has 6 heterocycles. The molecule has 1 aliphatic carbocycles. The van der Waals surface area contributed by atoms with E-state index < -0.39 is 69.9 Å². The highest BCUT2D eigenvalue weighted by atomic mass is 35.5. The van der Waals surface area contributed by atoms with E-state index in [4.69, 9.17) is 26.2 Å². The maximum atomic E-state index is 15.2. The van der Waals surface area contributed by atoms with Crippen molar-refractivity contribution in [1.82, 2.24) is 33.3 Å². The number of fused-ring (bicyclic) bond motifs is 6. The van der Waals surface area contributed by atoms with Crippen molar-refractivity contribution in [1.29, 1.82) is 0 Å². The zero-order chi connectivity index (χ0) is 48.5. The van der Waals surface area contributed by atoms with Gasteiger partial charge in [0.15, 0.2) is 11.5 Å². The number of hydrogen-bond acceptors (Lipinski definition) is 12. The van der Waals surface area contributed by atoms with Crippen molar-refractivity contribution in [2.75, 3.05) is 19.1 Å². The summed E-state index contributed by atoms with van der Waals surface area (Å²) >= 11 is 7.76. The first-order valence-electron chi connectivity index (χ1n) is 21.2. The van der Waals surface area contributed by atoms with Crippen molar-refractivity contribution < 1.29 is 42.1 Å². The molecule has 1 N–H and O–H groups in total. The number of phenolic OH excluding ortho intramolecular Hbond substituents is 1. The van der Waals surface area contributed by atoms with Crippen molar-refractivity contribution in [3.05, 3.63) is 119 Å². The van der Waals surface area contributed by atoms with Gasteiger partial charge in [-0.2, -0.15) is 5.10 Å². The topological polar surface area (TPSA) is 187 Å². The summed E-state index contributed by atoms with van der Waals surface area (Å²) in [6.07, 6.45) is -3.86. The van der Waals surface area contributed by atoms with Gasteiger partial charge in [0, 0.05) is 66.5 Å². The second-order valence-corrected chi connectivity index (χ2v) is 18.7. The summed E-state index contributed by atoms with van der Waals surface area (Å²) in [4.78, 5) is 79.0. The number of amides is 2. The summed E-state index contributed by atoms with van der Waals surface area (Å²) in [5.74, 6) is -4.31. The van der Waals surface area contributed by atoms with Gasteiger partial charge in [-0.3, -0.25) is 19.1 Å². The van der Waals surface area contributed by atoms with Crippen LogP contribution in [0.15, 0.2) is 80.6 Å². The van der Waals surface area contributed by atoms with Gasteiger partial charge in [0.1, 0.15) is 28.7 Å². The molecule has 2 amide bonds. The van der Waals surface area contributed by atoms with Gasteiger partial charge in [-0.1, -0.05) is 17.7 Å². The minimum Gasteiger partial charge on any atom is -0.508 e. The molecule has 3 aromatic carbocycles. The first kappa shape index (κ1) is 44.7. The number of imide groups is 1. The van der Waals surface area contributed by atoms with E-state index in [1.165, 1.54) is 51.1 Å². The molecule has 1 saturated heterocycles. The summed E-state index contributed by atoms with van der Waals surface area (Å²) in [5.41, 5.74) is -1.40. The van der Waals surface area contributed by atoms with E-state index in [1.54, 1.807) is 44.4 Å². The molecule has 0 bridgehead atoms. The Kier molecular flexibility index (Phi) is 10.3. The van der Waals surface area contributed by atoms with E-state index in [-0.39, 0.29) is 43.0 Å². The number of carbonyl (C=O) groups is 2. The maximum absolute atomic E-state index is 15.2. The monoisotopic (exact) mass is 972 g/mol. The molecule has 0 spiro atoms. The molecular weight excluding hydrogens is 933 g/mol. The Hall–Kier alpha value is -7.13. The molecule has 1 saturated carbocycles. The molecule has 2 aliphatic heterocycles. The van der Waals surface area contributed by atoms with Gasteiger partial charge in [0.2, 0.25) is 11.8 Å². The molecule has 68 heavy (non-hydrogen) atoms. The van der Waals surface area contributed by atoms with Crippen LogP contribution in [0.2, 0.25) is 5.02 Å². The lowest BCUT2D eigenvalue weighted by Gasteiger charge is -2.47. The summed E-state index contributed by atoms with van der Waals surface area (Å²) < 4.78 is 63.1. The van der Waals surface area contributed by atoms with E-state index in [9.17, 15) is 32.7 Å². The maximum Gasteiger partial charge on any atom is 0.573 e. The van der Waals surface area contributed by atoms with E-state index >= 15 is 9.59 Å². The number of alkyl halides is 3. The van der Waals surface area contributed by atoms with Crippen LogP contribution in [0, 0.1) is 18.3 Å². The second-order valence-electron chi connectivity index (χ2n) is 17.2. The molecule has 22 heteroatoms. The Balaban J connectivity index is 1.07. The van der Waals surface area contributed by atoms with E-state index in [1.807, 2.05) is 19.1 Å². The number of phenols is 1. The number of methoxy groups -OCH3 is 2. The molecule has 10 rings (SSSR count). The predicted molar refractivity (Wildman–Crippen MR) is 244 cm³/mol. The van der Waals surface area contributed by atoms with Crippen LogP contribution in [-0.2, 0) is 43.2 Å². The number of ether oxygens (including phenoxy) is 3. The number of rotatable bonds is 9. The fraction of sp³-hybridized carbons (Fsp3) is 0.326. The molecular formula is C46H40ClF3N8O9S. The Morgan fingerprint density at radius 3 is 2.43 bits per heavy atom. The number of anilines is 1. The van der Waals surface area contributed by atoms with Gasteiger partial charge < -0.3 is 23.9 Å². The summed E-state index contributed by atoms with van der Waals surface area (Å²) in [6, 6.07) is 12.1. The number of halogens is 4. The van der Waals surface area contributed by atoms with Crippen molar-refractivity contribution >= 4 is 61.7 Å². The summed E-state index contributed by atoms with van der Waals surface area (Å²) in [7, 11) is 6.04. The lowest BCUT2D eigenvalue weighted by molar-refractivity contribution is -0.274. The van der Waals surface area contributed by atoms with Crippen molar-refractivity contribution in [3.8, 4) is 33.6 Å². The highest BCUT2D eigenvalue weighted by Gasteiger charge is 2.66. The fourth-order valence-corrected chi connectivity index (χ4v) is 11.7. The minimum atomic E-state index is -5.12. The molecule has 2 fully saturated rings. The number of benzene rings is 3. The van der Waals surface area contributed by atoms with Crippen LogP contribution >= 0.6 is 22.9 Å². The molecule has 4 unspecified atom stereocenters. The van der Waals surface area contributed by atoms with Gasteiger partial charge in [0.05, 0.1) is 54.0 Å². The Morgan fingerprint density at radius 1 is 0.971 bits per heavy atom. The molecule has 352 valence electrons. The SMILES string of the molecule is COc1cc2nc(CCn3c(=O)n4n(c3=O)C3CC5C(=O)N(c6cc(-c7sc8ccc(Cl)cc8c7C)nn6C)C(=O)C5(C)C(c5cc(OC(F)(F)F)ccc5O)C3=CC4)c(=O)n(C)c2cc1OC. The molecule has 3 aliphatic rings. The van der Waals surface area contributed by atoms with Gasteiger partial charge >= 0.3 is 17.7 Å². The number of aryl methyl sites for hydroxylation is 4. The third-order valence-corrected chi connectivity index (χ3v) is 15.1. The average Bonchev–Trinajstić information content (AvgIpc) is 3.97. The van der Waals surface area contributed by atoms with Crippen LogP contribution in [0.1, 0.15) is 42.1 Å². The minimum absolute atomic E-state index is 0.0526. The fourth-order valence-electron chi connectivity index (χ4n) is 10.3. The van der Waals surface area contributed by atoms with Crippen molar-refractivity contribution in [2.45, 2.75) is 58.1 Å². The van der Waals surface area contributed by atoms with Crippen molar-refractivity contribution in [3.63, 3.8) is 0 Å². The smallest absolute Gasteiger partial charge is 0.508 e. The molecule has 7 aromatic rings. The standard InChI is InChI=1S/C46H40ClF3N8O9S/c1-21-25-15-22(47)7-10-36(25)68-39(21)30-19-37(54(4)52-30)57-40(60)27-17-31-24(38(45(27,2)42(57)62)26-16-23(8-9-33(26)59)67-46(48,49)50)11-14-56-43(63)55(44(64)58(31)56)13-12-28-41(61)53(3)32-20-35(66-6)34(65-5)18-29(32)51-28/h7-11,15-16,18-20,27,31,38,59H,12-14,17H2,1-6H3. The van der Waals surface area contributed by atoms with Gasteiger partial charge in [0.25, 0.3) is 5.56 Å². The van der Waals surface area contributed by atoms with Crippen LogP contribution in [0.3, 0.4) is 0 Å². The summed E-state index contributed by atoms with van der Waals surface area (Å²) in [5, 5.41) is 17.7. The van der Waals surface area contributed by atoms with Crippen LogP contribution in [0.4, 0.5) is 19.0 Å². The van der Waals surface area contributed by atoms with Crippen molar-refractivity contribution in [2.24, 2.45) is 25.4 Å². The number of carbonyl (C=O) groups excluding carboxylic acids is 2. The van der Waals surface area contributed by atoms with Crippen LogP contribution in [-0.4, -0.2) is 70.8 Å². The molecule has 17 nitrogen and oxygen atoms in total. The van der Waals surface area contributed by atoms with E-state index in [0.717, 1.165) is 48.2 Å². The first-order valence-corrected chi connectivity index (χ1v) is 22.4. The third-order valence-electron chi connectivity index (χ3n) is 13.6. The van der Waals surface area contributed by atoms with E-state index in [2.05, 4.69) is 9.72 Å². The third kappa shape index (κ3) is 6.67. The second kappa shape index (κ2) is 15.7. The Bertz CT molecular complexity index is 3550. The number of aromatic hydroxyl groups is 1. The quantitative estimate of drug-likeness (QED) is 0.125. The molecule has 4 atom stereocenters. The zero-order valence-electron chi connectivity index (χ0n) is 37.0. The van der Waals surface area contributed by atoms with Crippen LogP contribution < -0.4 is 36.0 Å². The summed E-state index contributed by atoms with van der Waals surface area (Å²) in [6.45, 7) is 2.93. The Morgan fingerprint density at radius 2 is 1.71 bits per heavy atom. The number of allylic oxidation sites excluding steroid dienone is 2. The Labute approximate surface area is 391 Å². The number of aromatic nitrogens is 7. The highest BCUT2D eigenvalue weighted by molar-refractivity contribution is 7.22. The largest absolute Gasteiger partial charge is 0.573 e.